The van der Waals surface area contributed by atoms with Gasteiger partial charge in [0.2, 0.25) is 0 Å². The second-order valence-corrected chi connectivity index (χ2v) is 1.35. The fourth-order valence-electron chi connectivity index (χ4n) is 0.354. The van der Waals surface area contributed by atoms with Gasteiger partial charge in [0.1, 0.15) is 0 Å². The van der Waals surface area contributed by atoms with Crippen molar-refractivity contribution >= 4 is 37.7 Å². The van der Waals surface area contributed by atoms with Gasteiger partial charge in [-0.3, -0.25) is 0 Å². The summed E-state index contributed by atoms with van der Waals surface area (Å²) in [5, 5.41) is 0. The van der Waals surface area contributed by atoms with Crippen molar-refractivity contribution in [1.82, 2.24) is 0 Å². The topological polar surface area (TPSA) is 0 Å². The Morgan fingerprint density at radius 3 is 1.12 bits per heavy atom. The van der Waals surface area contributed by atoms with E-state index in [1.807, 2.05) is 0 Å². The van der Waals surface area contributed by atoms with Crippen molar-refractivity contribution in [2.45, 2.75) is 33.1 Å². The molecular weight excluding hydrogens is 171 g/mol. The Bertz CT molecular complexity index is 17.9. The maximum atomic E-state index is 2.21. The van der Waals surface area contributed by atoms with Crippen molar-refractivity contribution < 1.29 is 24.8 Å². The molecule has 0 aromatic heterocycles. The van der Waals surface area contributed by atoms with Crippen LogP contribution in [-0.4, -0.2) is 37.7 Å². The van der Waals surface area contributed by atoms with Gasteiger partial charge in [-0.15, -0.1) is 0 Å². The minimum atomic E-state index is 0. The Morgan fingerprint density at radius 1 is 0.875 bits per heavy atom. The third-order valence-electron chi connectivity index (χ3n) is 0.707. The first-order valence-corrected chi connectivity index (χ1v) is 2.41. The summed E-state index contributed by atoms with van der Waals surface area (Å²) in [5.74, 6) is 0. The molecule has 0 aromatic carbocycles. The predicted octanol–water partition coefficient (Wildman–Crippen LogP) is -4.18. The first kappa shape index (κ1) is 22.5. The van der Waals surface area contributed by atoms with Gasteiger partial charge in [-0.25, -0.2) is 0 Å². The van der Waals surface area contributed by atoms with Crippen LogP contribution >= 0.6 is 0 Å². The molecule has 0 atom stereocenters. The van der Waals surface area contributed by atoms with E-state index >= 15 is 0 Å². The van der Waals surface area contributed by atoms with Crippen LogP contribution in [0.25, 0.3) is 0 Å². The Morgan fingerprint density at radius 2 is 1.12 bits per heavy atom. The van der Waals surface area contributed by atoms with E-state index in [-0.39, 0.29) is 62.6 Å². The van der Waals surface area contributed by atoms with Crippen LogP contribution in [0.2, 0.25) is 0 Å². The average molecular weight is 183 g/mol. The minimum Gasteiger partial charge on any atom is -1.00 e. The van der Waals surface area contributed by atoms with Crippen molar-refractivity contribution in [1.29, 1.82) is 0 Å². The molecule has 0 saturated heterocycles. The summed E-state index contributed by atoms with van der Waals surface area (Å²) in [6.45, 7) is 4.42. The Labute approximate surface area is 94.6 Å². The van der Waals surface area contributed by atoms with E-state index in [1.54, 1.807) is 0 Å². The molecular formula is C5H12CaCl2. The summed E-state index contributed by atoms with van der Waals surface area (Å²) in [6.07, 6.45) is 4.08. The van der Waals surface area contributed by atoms with Gasteiger partial charge in [0.25, 0.3) is 0 Å². The van der Waals surface area contributed by atoms with Crippen LogP contribution in [-0.2, 0) is 0 Å². The summed E-state index contributed by atoms with van der Waals surface area (Å²) in [5.41, 5.74) is 0. The molecule has 0 radical (unpaired) electrons. The molecule has 8 heavy (non-hydrogen) atoms. The van der Waals surface area contributed by atoms with E-state index in [1.165, 1.54) is 19.3 Å². The van der Waals surface area contributed by atoms with Crippen molar-refractivity contribution in [3.8, 4) is 0 Å². The molecule has 0 aliphatic heterocycles. The van der Waals surface area contributed by atoms with Crippen LogP contribution in [0.3, 0.4) is 0 Å². The number of rotatable bonds is 2. The quantitative estimate of drug-likeness (QED) is 0.381. The maximum absolute atomic E-state index is 2.21. The first-order chi connectivity index (χ1) is 2.41. The van der Waals surface area contributed by atoms with Gasteiger partial charge in [-0.05, 0) is 0 Å². The number of hydrogen-bond donors (Lipinski definition) is 0. The van der Waals surface area contributed by atoms with Crippen LogP contribution in [0.4, 0.5) is 0 Å². The van der Waals surface area contributed by atoms with Gasteiger partial charge >= 0.3 is 37.7 Å². The van der Waals surface area contributed by atoms with Crippen molar-refractivity contribution in [3.05, 3.63) is 0 Å². The molecule has 0 aliphatic rings. The minimum absolute atomic E-state index is 0. The summed E-state index contributed by atoms with van der Waals surface area (Å²) < 4.78 is 0. The molecule has 0 saturated carbocycles. The number of unbranched alkanes of at least 4 members (excludes halogenated alkanes) is 2. The zero-order chi connectivity index (χ0) is 4.12. The first-order valence-electron chi connectivity index (χ1n) is 2.41. The molecule has 0 heterocycles. The molecule has 3 heteroatoms. The van der Waals surface area contributed by atoms with E-state index in [0.717, 1.165) is 0 Å². The molecule has 0 bridgehead atoms. The van der Waals surface area contributed by atoms with Crippen LogP contribution in [0.15, 0.2) is 0 Å². The molecule has 0 amide bonds. The van der Waals surface area contributed by atoms with Crippen molar-refractivity contribution in [2.24, 2.45) is 0 Å². The fraction of sp³-hybridized carbons (Fsp3) is 1.00. The standard InChI is InChI=1S/C5H12.Ca.2ClH/c1-3-5-4-2;;;/h3-5H2,1-2H3;;2*1H/q;+2;;/p-2. The second-order valence-electron chi connectivity index (χ2n) is 1.35. The van der Waals surface area contributed by atoms with Gasteiger partial charge in [-0.1, -0.05) is 33.1 Å². The van der Waals surface area contributed by atoms with Gasteiger partial charge in [-0.2, -0.15) is 0 Å². The van der Waals surface area contributed by atoms with Crippen LogP contribution in [0, 0.1) is 0 Å². The normalized spacial score (nSPS) is 5.25. The molecule has 0 nitrogen and oxygen atoms in total. The van der Waals surface area contributed by atoms with Crippen molar-refractivity contribution in [3.63, 3.8) is 0 Å². The largest absolute Gasteiger partial charge is 2.00 e. The van der Waals surface area contributed by atoms with Gasteiger partial charge in [0, 0.05) is 0 Å². The van der Waals surface area contributed by atoms with E-state index in [2.05, 4.69) is 13.8 Å². The smallest absolute Gasteiger partial charge is 1.00 e. The van der Waals surface area contributed by atoms with Crippen LogP contribution < -0.4 is 24.8 Å². The molecule has 48 valence electrons. The molecule has 0 rings (SSSR count). The summed E-state index contributed by atoms with van der Waals surface area (Å²) in [4.78, 5) is 0. The SMILES string of the molecule is CCCCC.[Ca+2].[Cl-].[Cl-]. The Hall–Kier alpha value is 1.84. The third-order valence-corrected chi connectivity index (χ3v) is 0.707. The maximum Gasteiger partial charge on any atom is 2.00 e. The van der Waals surface area contributed by atoms with Gasteiger partial charge in [0.15, 0.2) is 0 Å². The number of hydrogen-bond acceptors (Lipinski definition) is 0. The number of halogens is 2. The zero-order valence-corrected chi connectivity index (χ0v) is 9.30. The average Bonchev–Trinajstić information content (AvgIpc) is 1.41. The molecule has 0 aromatic rings. The van der Waals surface area contributed by atoms with E-state index < -0.39 is 0 Å². The molecule has 0 fully saturated rings. The zero-order valence-electron chi connectivity index (χ0n) is 5.58. The van der Waals surface area contributed by atoms with E-state index in [9.17, 15) is 0 Å². The molecule has 0 N–H and O–H groups in total. The molecule has 0 spiro atoms. The van der Waals surface area contributed by atoms with Crippen LogP contribution in [0.1, 0.15) is 33.1 Å². The summed E-state index contributed by atoms with van der Waals surface area (Å²) in [6, 6.07) is 0. The Kier molecular flexibility index (Phi) is 65.4. The van der Waals surface area contributed by atoms with E-state index in [4.69, 9.17) is 0 Å². The summed E-state index contributed by atoms with van der Waals surface area (Å²) >= 11 is 0. The van der Waals surface area contributed by atoms with Gasteiger partial charge < -0.3 is 24.8 Å². The summed E-state index contributed by atoms with van der Waals surface area (Å²) in [7, 11) is 0. The van der Waals surface area contributed by atoms with E-state index in [0.29, 0.717) is 0 Å². The monoisotopic (exact) mass is 182 g/mol. The second kappa shape index (κ2) is 23.2. The third kappa shape index (κ3) is 24.9. The fourth-order valence-corrected chi connectivity index (χ4v) is 0.354. The van der Waals surface area contributed by atoms with Crippen molar-refractivity contribution in [2.75, 3.05) is 0 Å². The van der Waals surface area contributed by atoms with Crippen LogP contribution in [0.5, 0.6) is 0 Å². The molecule has 0 aliphatic carbocycles. The van der Waals surface area contributed by atoms with Gasteiger partial charge in [0.05, 0.1) is 0 Å². The molecule has 0 unspecified atom stereocenters. The Balaban J connectivity index is -0.0000000267. The predicted molar refractivity (Wildman–Crippen MR) is 31.0 cm³/mol.